The van der Waals surface area contributed by atoms with Crippen LogP contribution >= 0.6 is 0 Å². The largest absolute Gasteiger partial charge is 0.358 e. The van der Waals surface area contributed by atoms with Gasteiger partial charge in [-0.1, -0.05) is 18.2 Å². The number of piperidine rings is 1. The van der Waals surface area contributed by atoms with E-state index < -0.39 is 0 Å². The molecule has 1 aromatic carbocycles. The minimum atomic E-state index is 0.0129. The van der Waals surface area contributed by atoms with E-state index in [-0.39, 0.29) is 6.03 Å². The first-order valence-electron chi connectivity index (χ1n) is 8.77. The van der Waals surface area contributed by atoms with Crippen LogP contribution in [0.4, 0.5) is 4.79 Å². The van der Waals surface area contributed by atoms with Gasteiger partial charge in [-0.15, -0.1) is 0 Å². The molecule has 2 aromatic heterocycles. The normalized spacial score (nSPS) is 15.6. The number of rotatable bonds is 3. The maximum Gasteiger partial charge on any atom is 0.317 e. The molecule has 0 aliphatic carbocycles. The van der Waals surface area contributed by atoms with Crippen molar-refractivity contribution in [2.75, 3.05) is 13.1 Å². The van der Waals surface area contributed by atoms with Gasteiger partial charge in [0.2, 0.25) is 0 Å². The molecule has 0 saturated carbocycles. The molecule has 0 atom stereocenters. The summed E-state index contributed by atoms with van der Waals surface area (Å²) in [5.41, 5.74) is 3.49. The van der Waals surface area contributed by atoms with Gasteiger partial charge in [-0.05, 0) is 30.4 Å². The average Bonchev–Trinajstić information content (AvgIpc) is 3.25. The summed E-state index contributed by atoms with van der Waals surface area (Å²) in [6, 6.07) is 10.6. The molecule has 6 nitrogen and oxygen atoms in total. The van der Waals surface area contributed by atoms with E-state index >= 15 is 0 Å². The van der Waals surface area contributed by atoms with Gasteiger partial charge in [-0.2, -0.15) is 5.10 Å². The third-order valence-corrected chi connectivity index (χ3v) is 4.97. The van der Waals surface area contributed by atoms with Gasteiger partial charge in [-0.25, -0.2) is 4.79 Å². The summed E-state index contributed by atoms with van der Waals surface area (Å²) in [5.74, 6) is 0.495. The number of nitrogens with zero attached hydrogens (tertiary/aromatic N) is 3. The minimum absolute atomic E-state index is 0.0129. The molecule has 0 radical (unpaired) electrons. The van der Waals surface area contributed by atoms with Crippen molar-refractivity contribution in [3.05, 3.63) is 54.0 Å². The summed E-state index contributed by atoms with van der Waals surface area (Å²) < 4.78 is 1.74. The maximum absolute atomic E-state index is 12.3. The maximum atomic E-state index is 12.3. The molecule has 2 amide bonds. The number of fused-ring (bicyclic) bond motifs is 1. The molecular weight excluding hydrogens is 314 g/mol. The Balaban J connectivity index is 1.32. The fraction of sp³-hybridized carbons (Fsp3) is 0.368. The van der Waals surface area contributed by atoms with E-state index in [1.165, 1.54) is 16.6 Å². The SMILES string of the molecule is Cn1cc(CNC(=O)N2CCC(c3cc4ccccc4[nH]3)CC2)cn1. The first-order chi connectivity index (χ1) is 12.2. The van der Waals surface area contributed by atoms with Crippen LogP contribution in [0.25, 0.3) is 10.9 Å². The zero-order valence-electron chi connectivity index (χ0n) is 14.4. The highest BCUT2D eigenvalue weighted by atomic mass is 16.2. The van der Waals surface area contributed by atoms with Crippen LogP contribution < -0.4 is 5.32 Å². The molecule has 1 saturated heterocycles. The number of carbonyl (C=O) groups is 1. The molecule has 2 N–H and O–H groups in total. The number of nitrogens with one attached hydrogen (secondary N) is 2. The molecule has 25 heavy (non-hydrogen) atoms. The highest BCUT2D eigenvalue weighted by Crippen LogP contribution is 2.29. The smallest absolute Gasteiger partial charge is 0.317 e. The first kappa shape index (κ1) is 15.7. The molecule has 4 rings (SSSR count). The van der Waals surface area contributed by atoms with Crippen molar-refractivity contribution in [3.63, 3.8) is 0 Å². The van der Waals surface area contributed by atoms with Crippen LogP contribution in [0.3, 0.4) is 0 Å². The molecular formula is C19H23N5O. The van der Waals surface area contributed by atoms with E-state index in [1.807, 2.05) is 18.1 Å². The zero-order valence-corrected chi connectivity index (χ0v) is 14.4. The lowest BCUT2D eigenvalue weighted by Crippen LogP contribution is -2.43. The van der Waals surface area contributed by atoms with Gasteiger partial charge in [-0.3, -0.25) is 4.68 Å². The number of likely N-dealkylation sites (tertiary alicyclic amines) is 1. The van der Waals surface area contributed by atoms with Crippen LogP contribution in [0.15, 0.2) is 42.7 Å². The van der Waals surface area contributed by atoms with Gasteiger partial charge in [0, 0.05) is 55.6 Å². The van der Waals surface area contributed by atoms with Crippen molar-refractivity contribution in [2.45, 2.75) is 25.3 Å². The Morgan fingerprint density at radius 1 is 1.32 bits per heavy atom. The Morgan fingerprint density at radius 3 is 2.84 bits per heavy atom. The Hall–Kier alpha value is -2.76. The van der Waals surface area contributed by atoms with E-state index in [1.54, 1.807) is 10.9 Å². The van der Waals surface area contributed by atoms with Gasteiger partial charge >= 0.3 is 6.03 Å². The number of para-hydroxylation sites is 1. The number of urea groups is 1. The van der Waals surface area contributed by atoms with E-state index in [0.717, 1.165) is 31.5 Å². The molecule has 130 valence electrons. The van der Waals surface area contributed by atoms with Gasteiger partial charge < -0.3 is 15.2 Å². The van der Waals surface area contributed by atoms with Gasteiger partial charge in [0.15, 0.2) is 0 Å². The summed E-state index contributed by atoms with van der Waals surface area (Å²) in [4.78, 5) is 17.8. The van der Waals surface area contributed by atoms with Crippen molar-refractivity contribution < 1.29 is 4.79 Å². The summed E-state index contributed by atoms with van der Waals surface area (Å²) >= 11 is 0. The molecule has 3 aromatic rings. The quantitative estimate of drug-likeness (QED) is 0.771. The number of aromatic nitrogens is 3. The number of aromatic amines is 1. The third-order valence-electron chi connectivity index (χ3n) is 4.97. The number of aryl methyl sites for hydroxylation is 1. The first-order valence-corrected chi connectivity index (χ1v) is 8.77. The van der Waals surface area contributed by atoms with Crippen LogP contribution in [0.2, 0.25) is 0 Å². The van der Waals surface area contributed by atoms with Crippen LogP contribution in [-0.4, -0.2) is 38.8 Å². The van der Waals surface area contributed by atoms with Crippen molar-refractivity contribution in [3.8, 4) is 0 Å². The van der Waals surface area contributed by atoms with Crippen molar-refractivity contribution in [1.29, 1.82) is 0 Å². The lowest BCUT2D eigenvalue weighted by atomic mass is 9.94. The Labute approximate surface area is 146 Å². The monoisotopic (exact) mass is 337 g/mol. The minimum Gasteiger partial charge on any atom is -0.358 e. The van der Waals surface area contributed by atoms with Crippen LogP contribution in [-0.2, 0) is 13.6 Å². The molecule has 0 spiro atoms. The summed E-state index contributed by atoms with van der Waals surface area (Å²) in [7, 11) is 1.88. The third kappa shape index (κ3) is 3.38. The highest BCUT2D eigenvalue weighted by Gasteiger charge is 2.24. The number of benzene rings is 1. The number of hydrogen-bond donors (Lipinski definition) is 2. The lowest BCUT2D eigenvalue weighted by Gasteiger charge is -2.31. The van der Waals surface area contributed by atoms with Crippen LogP contribution in [0.5, 0.6) is 0 Å². The van der Waals surface area contributed by atoms with Crippen molar-refractivity contribution >= 4 is 16.9 Å². The van der Waals surface area contributed by atoms with Gasteiger partial charge in [0.1, 0.15) is 0 Å². The number of H-pyrrole nitrogens is 1. The second-order valence-electron chi connectivity index (χ2n) is 6.75. The lowest BCUT2D eigenvalue weighted by molar-refractivity contribution is 0.180. The second kappa shape index (κ2) is 6.63. The fourth-order valence-electron chi connectivity index (χ4n) is 3.56. The zero-order chi connectivity index (χ0) is 17.2. The molecule has 3 heterocycles. The van der Waals surface area contributed by atoms with Crippen molar-refractivity contribution in [1.82, 2.24) is 25.0 Å². The number of amides is 2. The predicted octanol–water partition coefficient (Wildman–Crippen LogP) is 2.99. The summed E-state index contributed by atoms with van der Waals surface area (Å²) in [5, 5.41) is 8.36. The Kier molecular flexibility index (Phi) is 4.17. The number of carbonyl (C=O) groups excluding carboxylic acids is 1. The molecule has 1 aliphatic rings. The van der Waals surface area contributed by atoms with Gasteiger partial charge in [0.25, 0.3) is 0 Å². The average molecular weight is 337 g/mol. The Morgan fingerprint density at radius 2 is 2.12 bits per heavy atom. The molecule has 1 aliphatic heterocycles. The standard InChI is InChI=1S/C19H23N5O/c1-23-13-14(12-21-23)11-20-19(25)24-8-6-15(7-9-24)18-10-16-4-2-3-5-17(16)22-18/h2-5,10,12-13,15,22H,6-9,11H2,1H3,(H,20,25). The second-order valence-corrected chi connectivity index (χ2v) is 6.75. The van der Waals surface area contributed by atoms with E-state index in [4.69, 9.17) is 0 Å². The summed E-state index contributed by atoms with van der Waals surface area (Å²) in [6.45, 7) is 2.10. The van der Waals surface area contributed by atoms with Crippen LogP contribution in [0.1, 0.15) is 30.0 Å². The topological polar surface area (TPSA) is 66.0 Å². The van der Waals surface area contributed by atoms with Gasteiger partial charge in [0.05, 0.1) is 6.20 Å². The molecule has 0 unspecified atom stereocenters. The van der Waals surface area contributed by atoms with E-state index in [2.05, 4.69) is 45.7 Å². The molecule has 0 bridgehead atoms. The highest BCUT2D eigenvalue weighted by molar-refractivity contribution is 5.80. The van der Waals surface area contributed by atoms with Crippen LogP contribution in [0, 0.1) is 0 Å². The van der Waals surface area contributed by atoms with E-state index in [0.29, 0.717) is 12.5 Å². The summed E-state index contributed by atoms with van der Waals surface area (Å²) in [6.07, 6.45) is 5.69. The fourth-order valence-corrected chi connectivity index (χ4v) is 3.56. The Bertz CT molecular complexity index is 840. The molecule has 6 heteroatoms. The van der Waals surface area contributed by atoms with Crippen molar-refractivity contribution in [2.24, 2.45) is 7.05 Å². The van der Waals surface area contributed by atoms with E-state index in [9.17, 15) is 4.79 Å². The molecule has 1 fully saturated rings. The predicted molar refractivity (Wildman–Crippen MR) is 97.3 cm³/mol. The number of hydrogen-bond acceptors (Lipinski definition) is 2.